The molecule has 1 amide bonds. The number of benzene rings is 2. The molecular formula is C19H22N2O5S. The maximum atomic E-state index is 12.7. The molecule has 0 radical (unpaired) electrons. The van der Waals surface area contributed by atoms with E-state index in [0.717, 1.165) is 16.1 Å². The Bertz CT molecular complexity index is 942. The summed E-state index contributed by atoms with van der Waals surface area (Å²) in [7, 11) is -1.00. The molecule has 8 heteroatoms. The Morgan fingerprint density at radius 2 is 1.67 bits per heavy atom. The predicted octanol–water partition coefficient (Wildman–Crippen LogP) is 2.36. The third kappa shape index (κ3) is 5.07. The topological polar surface area (TPSA) is 92.8 Å². The smallest absolute Gasteiger partial charge is 0.337 e. The molecule has 1 atom stereocenters. The van der Waals surface area contributed by atoms with Crippen molar-refractivity contribution < 1.29 is 22.7 Å². The van der Waals surface area contributed by atoms with E-state index >= 15 is 0 Å². The van der Waals surface area contributed by atoms with Crippen LogP contribution >= 0.6 is 0 Å². The number of hydrogen-bond acceptors (Lipinski definition) is 5. The van der Waals surface area contributed by atoms with Crippen LogP contribution in [0.15, 0.2) is 48.5 Å². The van der Waals surface area contributed by atoms with Crippen molar-refractivity contribution in [2.75, 3.05) is 24.7 Å². The second kappa shape index (κ2) is 8.22. The van der Waals surface area contributed by atoms with Crippen molar-refractivity contribution in [3.8, 4) is 0 Å². The largest absolute Gasteiger partial charge is 0.465 e. The van der Waals surface area contributed by atoms with Crippen LogP contribution in [-0.2, 0) is 14.8 Å². The summed E-state index contributed by atoms with van der Waals surface area (Å²) < 4.78 is 29.4. The van der Waals surface area contributed by atoms with Crippen molar-refractivity contribution in [2.24, 2.45) is 0 Å². The second-order valence-corrected chi connectivity index (χ2v) is 8.11. The van der Waals surface area contributed by atoms with E-state index in [1.54, 1.807) is 0 Å². The summed E-state index contributed by atoms with van der Waals surface area (Å²) in [5, 5.41) is 2.84. The van der Waals surface area contributed by atoms with Gasteiger partial charge in [0.25, 0.3) is 5.91 Å². The Morgan fingerprint density at radius 1 is 1.07 bits per heavy atom. The third-order valence-electron chi connectivity index (χ3n) is 4.11. The third-order valence-corrected chi connectivity index (χ3v) is 5.32. The summed E-state index contributed by atoms with van der Waals surface area (Å²) in [5.74, 6) is -1.09. The molecular weight excluding hydrogens is 368 g/mol. The van der Waals surface area contributed by atoms with E-state index < -0.39 is 21.9 Å². The van der Waals surface area contributed by atoms with Gasteiger partial charge in [0.1, 0.15) is 0 Å². The van der Waals surface area contributed by atoms with Gasteiger partial charge in [-0.3, -0.25) is 9.10 Å². The fourth-order valence-electron chi connectivity index (χ4n) is 2.46. The number of anilines is 1. The molecule has 0 spiro atoms. The van der Waals surface area contributed by atoms with Crippen LogP contribution in [0.4, 0.5) is 5.69 Å². The van der Waals surface area contributed by atoms with Crippen molar-refractivity contribution in [1.82, 2.24) is 5.32 Å². The molecule has 144 valence electrons. The summed E-state index contributed by atoms with van der Waals surface area (Å²) >= 11 is 0. The van der Waals surface area contributed by atoms with Gasteiger partial charge in [-0.2, -0.15) is 0 Å². The van der Waals surface area contributed by atoms with E-state index in [-0.39, 0.29) is 22.9 Å². The van der Waals surface area contributed by atoms with Crippen LogP contribution in [0.5, 0.6) is 0 Å². The normalized spacial score (nSPS) is 12.1. The number of nitrogens with one attached hydrogen (secondary N) is 1. The molecule has 1 N–H and O–H groups in total. The Morgan fingerprint density at radius 3 is 2.22 bits per heavy atom. The molecule has 0 bridgehead atoms. The highest BCUT2D eigenvalue weighted by atomic mass is 32.2. The van der Waals surface area contributed by atoms with Crippen LogP contribution in [0.25, 0.3) is 0 Å². The minimum Gasteiger partial charge on any atom is -0.465 e. The van der Waals surface area contributed by atoms with Crippen LogP contribution in [0.1, 0.15) is 39.2 Å². The van der Waals surface area contributed by atoms with Crippen LogP contribution in [0.2, 0.25) is 0 Å². The maximum absolute atomic E-state index is 12.7. The van der Waals surface area contributed by atoms with Crippen molar-refractivity contribution in [3.05, 3.63) is 65.2 Å². The Kier molecular flexibility index (Phi) is 6.22. The molecule has 0 aromatic heterocycles. The Labute approximate surface area is 159 Å². The lowest BCUT2D eigenvalue weighted by Crippen LogP contribution is -2.28. The summed E-state index contributed by atoms with van der Waals surface area (Å²) in [6.45, 7) is 1.83. The highest BCUT2D eigenvalue weighted by Gasteiger charge is 2.20. The number of ether oxygens (including phenoxy) is 1. The van der Waals surface area contributed by atoms with Crippen LogP contribution in [0.3, 0.4) is 0 Å². The lowest BCUT2D eigenvalue weighted by molar-refractivity contribution is 0.0600. The SMILES string of the molecule is COC(=O)c1cc(C(=O)N[C@H](C)c2ccccc2)cc(N(C)S(C)(=O)=O)c1. The number of sulfonamides is 1. The zero-order valence-corrected chi connectivity index (χ0v) is 16.4. The molecule has 0 aliphatic carbocycles. The van der Waals surface area contributed by atoms with Crippen molar-refractivity contribution in [3.63, 3.8) is 0 Å². The van der Waals surface area contributed by atoms with Gasteiger partial charge in [0, 0.05) is 12.6 Å². The maximum Gasteiger partial charge on any atom is 0.337 e. The number of hydrogen-bond donors (Lipinski definition) is 1. The van der Waals surface area contributed by atoms with Crippen LogP contribution < -0.4 is 9.62 Å². The van der Waals surface area contributed by atoms with Crippen LogP contribution in [0, 0.1) is 0 Å². The summed E-state index contributed by atoms with van der Waals surface area (Å²) in [5.41, 5.74) is 1.36. The molecule has 2 aromatic carbocycles. The number of carbonyl (C=O) groups excluding carboxylic acids is 2. The Balaban J connectivity index is 2.39. The van der Waals surface area contributed by atoms with E-state index in [4.69, 9.17) is 4.74 Å². The molecule has 0 saturated carbocycles. The molecule has 7 nitrogen and oxygen atoms in total. The standard InChI is InChI=1S/C19H22N2O5S/c1-13(14-8-6-5-7-9-14)20-18(22)15-10-16(19(23)26-3)12-17(11-15)21(2)27(4,24)25/h5-13H,1-4H3,(H,20,22)/t13-/m1/s1. The number of nitrogens with zero attached hydrogens (tertiary/aromatic N) is 1. The molecule has 0 aliphatic rings. The first kappa shape index (κ1) is 20.4. The first-order valence-electron chi connectivity index (χ1n) is 8.16. The van der Waals surface area contributed by atoms with E-state index in [9.17, 15) is 18.0 Å². The van der Waals surface area contributed by atoms with Crippen molar-refractivity contribution in [2.45, 2.75) is 13.0 Å². The molecule has 0 unspecified atom stereocenters. The van der Waals surface area contributed by atoms with Gasteiger partial charge in [0.15, 0.2) is 0 Å². The molecule has 27 heavy (non-hydrogen) atoms. The van der Waals surface area contributed by atoms with E-state index in [0.29, 0.717) is 0 Å². The van der Waals surface area contributed by atoms with Gasteiger partial charge in [-0.1, -0.05) is 30.3 Å². The van der Waals surface area contributed by atoms with Crippen molar-refractivity contribution >= 4 is 27.6 Å². The second-order valence-electron chi connectivity index (χ2n) is 6.10. The average molecular weight is 390 g/mol. The summed E-state index contributed by atoms with van der Waals surface area (Å²) in [6.07, 6.45) is 1.04. The highest BCUT2D eigenvalue weighted by molar-refractivity contribution is 7.92. The minimum absolute atomic E-state index is 0.0861. The summed E-state index contributed by atoms with van der Waals surface area (Å²) in [6, 6.07) is 13.3. The fourth-order valence-corrected chi connectivity index (χ4v) is 2.94. The van der Waals surface area contributed by atoms with E-state index in [1.807, 2.05) is 37.3 Å². The van der Waals surface area contributed by atoms with E-state index in [1.165, 1.54) is 32.4 Å². The lowest BCUT2D eigenvalue weighted by atomic mass is 10.1. The van der Waals surface area contributed by atoms with Crippen LogP contribution in [-0.4, -0.2) is 40.7 Å². The van der Waals surface area contributed by atoms with Gasteiger partial charge in [-0.15, -0.1) is 0 Å². The zero-order chi connectivity index (χ0) is 20.2. The van der Waals surface area contributed by atoms with Crippen molar-refractivity contribution in [1.29, 1.82) is 0 Å². The minimum atomic E-state index is -3.56. The van der Waals surface area contributed by atoms with Gasteiger partial charge < -0.3 is 10.1 Å². The first-order chi connectivity index (χ1) is 12.6. The molecule has 0 heterocycles. The fraction of sp³-hybridized carbons (Fsp3) is 0.263. The van der Waals surface area contributed by atoms with Gasteiger partial charge in [-0.25, -0.2) is 13.2 Å². The lowest BCUT2D eigenvalue weighted by Gasteiger charge is -2.19. The zero-order valence-electron chi connectivity index (χ0n) is 15.6. The number of carbonyl (C=O) groups is 2. The molecule has 0 saturated heterocycles. The predicted molar refractivity (Wildman–Crippen MR) is 103 cm³/mol. The van der Waals surface area contributed by atoms with Gasteiger partial charge in [0.2, 0.25) is 10.0 Å². The van der Waals surface area contributed by atoms with Gasteiger partial charge >= 0.3 is 5.97 Å². The Hall–Kier alpha value is -2.87. The number of methoxy groups -OCH3 is 1. The van der Waals surface area contributed by atoms with E-state index in [2.05, 4.69) is 5.32 Å². The van der Waals surface area contributed by atoms with Gasteiger partial charge in [0.05, 0.1) is 30.7 Å². The molecule has 2 aromatic rings. The first-order valence-corrected chi connectivity index (χ1v) is 10.0. The van der Waals surface area contributed by atoms with Gasteiger partial charge in [-0.05, 0) is 30.7 Å². The molecule has 0 fully saturated rings. The molecule has 2 rings (SSSR count). The number of rotatable bonds is 6. The summed E-state index contributed by atoms with van der Waals surface area (Å²) in [4.78, 5) is 24.6. The number of amides is 1. The average Bonchev–Trinajstić information content (AvgIpc) is 2.66. The number of esters is 1. The monoisotopic (exact) mass is 390 g/mol. The quantitative estimate of drug-likeness (QED) is 0.765. The molecule has 0 aliphatic heterocycles. The highest BCUT2D eigenvalue weighted by Crippen LogP contribution is 2.22.